The molecule has 0 unspecified atom stereocenters. The number of nitrogens with zero attached hydrogens (tertiary/aromatic N) is 2. The normalized spacial score (nSPS) is 11.1. The van der Waals surface area contributed by atoms with E-state index in [1.807, 2.05) is 25.9 Å². The summed E-state index contributed by atoms with van der Waals surface area (Å²) in [6.07, 6.45) is 1.79. The molecule has 0 atom stereocenters. The van der Waals surface area contributed by atoms with E-state index in [2.05, 4.69) is 16.8 Å². The molecule has 0 bridgehead atoms. The molecular weight excluding hydrogens is 379 g/mol. The third-order valence-corrected chi connectivity index (χ3v) is 4.23. The Morgan fingerprint density at radius 3 is 2.86 bits per heavy atom. The highest BCUT2D eigenvalue weighted by molar-refractivity contribution is 7.10. The van der Waals surface area contributed by atoms with Crippen molar-refractivity contribution in [3.63, 3.8) is 0 Å². The molecule has 1 aromatic carbocycles. The van der Waals surface area contributed by atoms with Gasteiger partial charge in [-0.1, -0.05) is 11.8 Å². The highest BCUT2D eigenvalue weighted by Gasteiger charge is 2.14. The predicted molar refractivity (Wildman–Crippen MR) is 109 cm³/mol. The summed E-state index contributed by atoms with van der Waals surface area (Å²) in [5.74, 6) is 5.11. The topological polar surface area (TPSA) is 51.7 Å². The highest BCUT2D eigenvalue weighted by atomic mass is 32.1. The van der Waals surface area contributed by atoms with Gasteiger partial charge in [-0.05, 0) is 57.8 Å². The monoisotopic (exact) mass is 402 g/mol. The molecule has 0 aliphatic carbocycles. The number of aromatic nitrogens is 1. The fraction of sp³-hybridized carbons (Fsp3) is 0.333. The molecule has 1 aromatic heterocycles. The molecule has 0 saturated carbocycles. The van der Waals surface area contributed by atoms with Crippen LogP contribution >= 0.6 is 11.3 Å². The van der Waals surface area contributed by atoms with Crippen LogP contribution in [0.4, 0.5) is 4.39 Å². The van der Waals surface area contributed by atoms with Crippen molar-refractivity contribution >= 4 is 23.4 Å². The molecule has 0 N–H and O–H groups in total. The van der Waals surface area contributed by atoms with E-state index >= 15 is 0 Å². The molecular formula is C21H23FN2O3S. The van der Waals surface area contributed by atoms with Crippen molar-refractivity contribution in [1.29, 1.82) is 0 Å². The number of hydrogen-bond donors (Lipinski definition) is 0. The van der Waals surface area contributed by atoms with Crippen LogP contribution in [-0.4, -0.2) is 49.7 Å². The molecule has 7 heteroatoms. The van der Waals surface area contributed by atoms with Gasteiger partial charge in [0, 0.05) is 5.56 Å². The van der Waals surface area contributed by atoms with Crippen LogP contribution in [-0.2, 0) is 4.74 Å². The fourth-order valence-electron chi connectivity index (χ4n) is 2.16. The number of hydrogen-bond acceptors (Lipinski definition) is 6. The van der Waals surface area contributed by atoms with Gasteiger partial charge in [0.1, 0.15) is 6.61 Å². The maximum absolute atomic E-state index is 14.2. The van der Waals surface area contributed by atoms with Crippen molar-refractivity contribution in [2.75, 3.05) is 33.9 Å². The summed E-state index contributed by atoms with van der Waals surface area (Å²) >= 11 is 1.33. The molecule has 0 fully saturated rings. The van der Waals surface area contributed by atoms with Crippen molar-refractivity contribution < 1.29 is 18.7 Å². The number of carbonyl (C=O) groups is 1. The van der Waals surface area contributed by atoms with Gasteiger partial charge in [-0.15, -0.1) is 11.3 Å². The lowest BCUT2D eigenvalue weighted by Crippen LogP contribution is -2.10. The Bertz CT molecular complexity index is 910. The molecule has 0 radical (unpaired) electrons. The van der Waals surface area contributed by atoms with Crippen LogP contribution in [0.1, 0.15) is 34.8 Å². The number of halogens is 1. The van der Waals surface area contributed by atoms with Crippen LogP contribution in [0, 0.1) is 17.7 Å². The first-order chi connectivity index (χ1) is 13.4. The summed E-state index contributed by atoms with van der Waals surface area (Å²) in [5.41, 5.74) is 3.28. The highest BCUT2D eigenvalue weighted by Crippen LogP contribution is 2.21. The Kier molecular flexibility index (Phi) is 8.18. The number of carbonyl (C=O) groups excluding carboxylic acids is 1. The summed E-state index contributed by atoms with van der Waals surface area (Å²) in [6.45, 7) is 4.66. The second-order valence-corrected chi connectivity index (χ2v) is 7.14. The lowest BCUT2D eigenvalue weighted by Gasteiger charge is -2.08. The van der Waals surface area contributed by atoms with Gasteiger partial charge >= 0.3 is 5.97 Å². The number of rotatable bonds is 7. The second-order valence-electron chi connectivity index (χ2n) is 6.25. The molecule has 2 aromatic rings. The van der Waals surface area contributed by atoms with Gasteiger partial charge in [-0.2, -0.15) is 0 Å². The molecule has 28 heavy (non-hydrogen) atoms. The van der Waals surface area contributed by atoms with Gasteiger partial charge in [-0.3, -0.25) is 4.90 Å². The third-order valence-electron chi connectivity index (χ3n) is 3.46. The van der Waals surface area contributed by atoms with E-state index in [0.717, 1.165) is 5.57 Å². The van der Waals surface area contributed by atoms with Gasteiger partial charge in [0.25, 0.3) is 0 Å². The Labute approximate surface area is 168 Å². The molecule has 0 saturated heterocycles. The summed E-state index contributed by atoms with van der Waals surface area (Å²) in [5, 5.41) is 0. The van der Waals surface area contributed by atoms with Gasteiger partial charge in [0.2, 0.25) is 0 Å². The molecule has 5 nitrogen and oxygen atoms in total. The van der Waals surface area contributed by atoms with E-state index in [-0.39, 0.29) is 24.7 Å². The smallest absolute Gasteiger partial charge is 0.358 e. The van der Waals surface area contributed by atoms with E-state index in [9.17, 15) is 9.18 Å². The zero-order valence-corrected chi connectivity index (χ0v) is 17.2. The second kappa shape index (κ2) is 10.6. The van der Waals surface area contributed by atoms with E-state index in [1.165, 1.54) is 17.4 Å². The van der Waals surface area contributed by atoms with Gasteiger partial charge in [0.05, 0.1) is 23.5 Å². The Balaban J connectivity index is 2.02. The van der Waals surface area contributed by atoms with Crippen molar-refractivity contribution in [3.05, 3.63) is 51.2 Å². The lowest BCUT2D eigenvalue weighted by atomic mass is 10.2. The van der Waals surface area contributed by atoms with E-state index < -0.39 is 11.8 Å². The van der Waals surface area contributed by atoms with Crippen molar-refractivity contribution in [1.82, 2.24) is 9.88 Å². The van der Waals surface area contributed by atoms with Crippen LogP contribution < -0.4 is 4.74 Å². The molecule has 0 aliphatic rings. The Morgan fingerprint density at radius 1 is 1.39 bits per heavy atom. The van der Waals surface area contributed by atoms with E-state index in [0.29, 0.717) is 17.0 Å². The minimum atomic E-state index is -0.463. The first-order valence-corrected chi connectivity index (χ1v) is 9.62. The molecule has 0 amide bonds. The Hall–Kier alpha value is -2.69. The van der Waals surface area contributed by atoms with Crippen LogP contribution in [0.5, 0.6) is 5.75 Å². The van der Waals surface area contributed by atoms with Crippen LogP contribution in [0.3, 0.4) is 0 Å². The van der Waals surface area contributed by atoms with Crippen molar-refractivity contribution in [2.24, 2.45) is 0 Å². The standard InChI is InChI=1S/C21H23FN2O3S/c1-5-26-21(25)20-19(28-14-23-20)11-15(2)13-27-18-9-8-16(12-17(18)22)7-6-10-24(3)4/h8-9,11-12,14H,5,10,13H2,1-4H3/b15-11+. The van der Waals surface area contributed by atoms with Crippen molar-refractivity contribution in [2.45, 2.75) is 13.8 Å². The SMILES string of the molecule is CCOC(=O)c1ncsc1/C=C(\C)COc1ccc(C#CCN(C)C)cc1F. The summed E-state index contributed by atoms with van der Waals surface area (Å²) in [6, 6.07) is 4.65. The first-order valence-electron chi connectivity index (χ1n) is 8.74. The number of ether oxygens (including phenoxy) is 2. The number of esters is 1. The fourth-order valence-corrected chi connectivity index (χ4v) is 2.95. The average molecular weight is 402 g/mol. The van der Waals surface area contributed by atoms with E-state index in [1.54, 1.807) is 30.6 Å². The van der Waals surface area contributed by atoms with Gasteiger partial charge in [-0.25, -0.2) is 14.2 Å². The van der Waals surface area contributed by atoms with Gasteiger partial charge in [0.15, 0.2) is 17.3 Å². The quantitative estimate of drug-likeness (QED) is 0.520. The summed E-state index contributed by atoms with van der Waals surface area (Å²) < 4.78 is 24.8. The van der Waals surface area contributed by atoms with Gasteiger partial charge < -0.3 is 9.47 Å². The minimum absolute atomic E-state index is 0.154. The summed E-state index contributed by atoms with van der Waals surface area (Å²) in [4.78, 5) is 18.5. The van der Waals surface area contributed by atoms with E-state index in [4.69, 9.17) is 9.47 Å². The van der Waals surface area contributed by atoms with Crippen LogP contribution in [0.25, 0.3) is 6.08 Å². The molecule has 1 heterocycles. The largest absolute Gasteiger partial charge is 0.486 e. The zero-order valence-electron chi connectivity index (χ0n) is 16.4. The Morgan fingerprint density at radius 2 is 2.18 bits per heavy atom. The summed E-state index contributed by atoms with van der Waals surface area (Å²) in [7, 11) is 3.84. The molecule has 2 rings (SSSR count). The maximum atomic E-state index is 14.2. The average Bonchev–Trinajstić information content (AvgIpc) is 3.09. The molecule has 0 aliphatic heterocycles. The number of thiazole rings is 1. The lowest BCUT2D eigenvalue weighted by molar-refractivity contribution is 0.0520. The minimum Gasteiger partial charge on any atom is -0.486 e. The third kappa shape index (κ3) is 6.48. The first kappa shape index (κ1) is 21.6. The predicted octanol–water partition coefficient (Wildman–Crippen LogP) is 3.85. The van der Waals surface area contributed by atoms with Crippen LogP contribution in [0.15, 0.2) is 29.3 Å². The maximum Gasteiger partial charge on any atom is 0.358 e. The van der Waals surface area contributed by atoms with Crippen molar-refractivity contribution in [3.8, 4) is 17.6 Å². The molecule has 148 valence electrons. The molecule has 0 spiro atoms. The zero-order chi connectivity index (χ0) is 20.5. The number of benzene rings is 1. The van der Waals surface area contributed by atoms with Crippen LogP contribution in [0.2, 0.25) is 0 Å².